The fraction of sp³-hybridized carbons (Fsp3) is 0.486. The largest absolute Gasteiger partial charge is 0.381 e. The van der Waals surface area contributed by atoms with E-state index in [0.29, 0.717) is 42.5 Å². The van der Waals surface area contributed by atoms with Gasteiger partial charge in [0, 0.05) is 54.5 Å². The predicted octanol–water partition coefficient (Wildman–Crippen LogP) is 6.21. The van der Waals surface area contributed by atoms with Gasteiger partial charge in [0.05, 0.1) is 11.0 Å². The Morgan fingerprint density at radius 2 is 1.64 bits per heavy atom. The van der Waals surface area contributed by atoms with Gasteiger partial charge in [-0.05, 0) is 107 Å². The third-order valence-electron chi connectivity index (χ3n) is 10.6. The van der Waals surface area contributed by atoms with Crippen LogP contribution >= 0.6 is 0 Å². The van der Waals surface area contributed by atoms with Crippen LogP contribution in [0.3, 0.4) is 0 Å². The highest BCUT2D eigenvalue weighted by Crippen LogP contribution is 2.38. The van der Waals surface area contributed by atoms with E-state index in [1.54, 1.807) is 23.5 Å². The number of nitrogens with one attached hydrogen (secondary N) is 1. The second kappa shape index (κ2) is 11.7. The molecule has 2 fully saturated rings. The first kappa shape index (κ1) is 29.6. The average Bonchev–Trinajstić information content (AvgIpc) is 3.65. The summed E-state index contributed by atoms with van der Waals surface area (Å²) in [5, 5.41) is 8.56. The molecule has 0 saturated carbocycles. The number of ether oxygens (including phenoxy) is 1. The standard InChI is InChI=1S/C35H43N5O3S/c1-24-5-4-18-40(24)35(2)16-12-25-6-7-27(21-28(25)13-17-35)29-22-32-33(37-38-34(32)36-23-29)26-8-10-31(11-9-26)44(41,42)39-19-14-30(43-3)15-20-39/h6-11,21-24,30H,4-5,12-20H2,1-3H3,(H,36,37,38)/t24-,35?/m1/s1. The van der Waals surface area contributed by atoms with Crippen molar-refractivity contribution in [1.82, 2.24) is 24.4 Å². The Labute approximate surface area is 260 Å². The molecule has 44 heavy (non-hydrogen) atoms. The number of benzene rings is 2. The number of aryl methyl sites for hydroxylation is 2. The highest BCUT2D eigenvalue weighted by Gasteiger charge is 2.38. The Kier molecular flexibility index (Phi) is 7.85. The number of pyridine rings is 1. The number of methoxy groups -OCH3 is 1. The van der Waals surface area contributed by atoms with Gasteiger partial charge in [0.15, 0.2) is 5.65 Å². The number of aromatic amines is 1. The van der Waals surface area contributed by atoms with Gasteiger partial charge in [-0.1, -0.05) is 30.3 Å². The van der Waals surface area contributed by atoms with Gasteiger partial charge < -0.3 is 4.74 Å². The number of hydrogen-bond acceptors (Lipinski definition) is 6. The Balaban J connectivity index is 1.12. The minimum atomic E-state index is -3.56. The smallest absolute Gasteiger partial charge is 0.243 e. The molecule has 9 heteroatoms. The van der Waals surface area contributed by atoms with Crippen LogP contribution in [0, 0.1) is 0 Å². The molecule has 0 amide bonds. The fourth-order valence-electron chi connectivity index (χ4n) is 7.76. The molecule has 0 bridgehead atoms. The number of H-pyrrole nitrogens is 1. The summed E-state index contributed by atoms with van der Waals surface area (Å²) in [4.78, 5) is 7.78. The number of hydrogen-bond donors (Lipinski definition) is 1. The monoisotopic (exact) mass is 613 g/mol. The van der Waals surface area contributed by atoms with Crippen LogP contribution in [0.5, 0.6) is 0 Å². The normalized spacial score (nSPS) is 24.0. The number of likely N-dealkylation sites (tertiary alicyclic amines) is 1. The van der Waals surface area contributed by atoms with Crippen molar-refractivity contribution >= 4 is 21.1 Å². The quantitative estimate of drug-likeness (QED) is 0.260. The molecular formula is C35H43N5O3S. The molecule has 4 heterocycles. The maximum Gasteiger partial charge on any atom is 0.243 e. The zero-order valence-electron chi connectivity index (χ0n) is 26.1. The van der Waals surface area contributed by atoms with Crippen LogP contribution in [-0.2, 0) is 27.6 Å². The summed E-state index contributed by atoms with van der Waals surface area (Å²) in [6.45, 7) is 7.04. The van der Waals surface area contributed by atoms with Crippen molar-refractivity contribution in [2.45, 2.75) is 87.8 Å². The Bertz CT molecular complexity index is 1760. The highest BCUT2D eigenvalue weighted by molar-refractivity contribution is 7.89. The molecule has 4 aromatic rings. The molecule has 1 N–H and O–H groups in total. The lowest BCUT2D eigenvalue weighted by molar-refractivity contribution is 0.0604. The number of fused-ring (bicyclic) bond motifs is 2. The fourth-order valence-corrected chi connectivity index (χ4v) is 9.23. The SMILES string of the molecule is COC1CCN(S(=O)(=O)c2ccc(-c3n[nH]c4ncc(-c5ccc6c(c5)CCC(C)(N5CCC[C@H]5C)CC6)cc34)cc2)CC1. The first-order valence-electron chi connectivity index (χ1n) is 16.1. The van der Waals surface area contributed by atoms with E-state index in [2.05, 4.69) is 53.2 Å². The Hall–Kier alpha value is -3.11. The number of sulfonamides is 1. The van der Waals surface area contributed by atoms with Gasteiger partial charge >= 0.3 is 0 Å². The third-order valence-corrected chi connectivity index (χ3v) is 12.5. The van der Waals surface area contributed by atoms with Gasteiger partial charge in [-0.2, -0.15) is 9.40 Å². The maximum absolute atomic E-state index is 13.3. The minimum absolute atomic E-state index is 0.126. The molecule has 232 valence electrons. The molecule has 7 rings (SSSR count). The molecule has 2 saturated heterocycles. The lowest BCUT2D eigenvalue weighted by Crippen LogP contribution is -2.48. The van der Waals surface area contributed by atoms with Crippen molar-refractivity contribution in [2.75, 3.05) is 26.7 Å². The van der Waals surface area contributed by atoms with Crippen molar-refractivity contribution < 1.29 is 13.2 Å². The summed E-state index contributed by atoms with van der Waals surface area (Å²) in [5.41, 5.74) is 7.75. The summed E-state index contributed by atoms with van der Waals surface area (Å²) >= 11 is 0. The van der Waals surface area contributed by atoms with Crippen molar-refractivity contribution in [3.05, 3.63) is 65.9 Å². The van der Waals surface area contributed by atoms with Crippen LogP contribution < -0.4 is 0 Å². The number of rotatable bonds is 6. The van der Waals surface area contributed by atoms with Crippen molar-refractivity contribution in [3.63, 3.8) is 0 Å². The van der Waals surface area contributed by atoms with Gasteiger partial charge in [0.2, 0.25) is 10.0 Å². The minimum Gasteiger partial charge on any atom is -0.381 e. The second-order valence-electron chi connectivity index (χ2n) is 13.2. The molecule has 2 aromatic heterocycles. The van der Waals surface area contributed by atoms with Gasteiger partial charge in [0.25, 0.3) is 0 Å². The van der Waals surface area contributed by atoms with E-state index in [4.69, 9.17) is 9.72 Å². The Morgan fingerprint density at radius 1 is 0.909 bits per heavy atom. The maximum atomic E-state index is 13.3. The van der Waals surface area contributed by atoms with Crippen molar-refractivity contribution in [3.8, 4) is 22.4 Å². The van der Waals surface area contributed by atoms with Gasteiger partial charge in [-0.15, -0.1) is 0 Å². The summed E-state index contributed by atoms with van der Waals surface area (Å²) < 4.78 is 33.5. The van der Waals surface area contributed by atoms with Crippen LogP contribution in [0.4, 0.5) is 0 Å². The average molecular weight is 614 g/mol. The molecule has 2 atom stereocenters. The van der Waals surface area contributed by atoms with Crippen LogP contribution in [-0.4, -0.2) is 77.2 Å². The number of piperidine rings is 1. The second-order valence-corrected chi connectivity index (χ2v) is 15.2. The van der Waals surface area contributed by atoms with E-state index >= 15 is 0 Å². The van der Waals surface area contributed by atoms with Gasteiger partial charge in [-0.25, -0.2) is 13.4 Å². The van der Waals surface area contributed by atoms with Crippen LogP contribution in [0.25, 0.3) is 33.4 Å². The zero-order chi connectivity index (χ0) is 30.5. The zero-order valence-corrected chi connectivity index (χ0v) is 26.9. The van der Waals surface area contributed by atoms with E-state index in [-0.39, 0.29) is 11.6 Å². The highest BCUT2D eigenvalue weighted by atomic mass is 32.2. The van der Waals surface area contributed by atoms with Crippen molar-refractivity contribution in [1.29, 1.82) is 0 Å². The van der Waals surface area contributed by atoms with E-state index in [9.17, 15) is 8.42 Å². The molecule has 1 aliphatic carbocycles. The molecule has 3 aliphatic rings. The summed E-state index contributed by atoms with van der Waals surface area (Å²) in [6.07, 6.45) is 10.7. The van der Waals surface area contributed by atoms with Gasteiger partial charge in [-0.3, -0.25) is 10.00 Å². The van der Waals surface area contributed by atoms with E-state index in [0.717, 1.165) is 35.0 Å². The van der Waals surface area contributed by atoms with Gasteiger partial charge in [0.1, 0.15) is 5.69 Å². The lowest BCUT2D eigenvalue weighted by atomic mass is 9.89. The van der Waals surface area contributed by atoms with Crippen LogP contribution in [0.15, 0.2) is 59.6 Å². The molecule has 0 radical (unpaired) electrons. The van der Waals surface area contributed by atoms with Crippen LogP contribution in [0.1, 0.15) is 63.5 Å². The third kappa shape index (κ3) is 5.38. The summed E-state index contributed by atoms with van der Waals surface area (Å²) in [6, 6.07) is 16.8. The van der Waals surface area contributed by atoms with E-state index in [1.165, 1.54) is 48.9 Å². The predicted molar refractivity (Wildman–Crippen MR) is 174 cm³/mol. The molecule has 1 unspecified atom stereocenters. The topological polar surface area (TPSA) is 91.4 Å². The summed E-state index contributed by atoms with van der Waals surface area (Å²) in [7, 11) is -1.87. The lowest BCUT2D eigenvalue weighted by Gasteiger charge is -2.41. The molecule has 2 aromatic carbocycles. The molecule has 8 nitrogen and oxygen atoms in total. The molecule has 2 aliphatic heterocycles. The van der Waals surface area contributed by atoms with E-state index < -0.39 is 10.0 Å². The van der Waals surface area contributed by atoms with Crippen molar-refractivity contribution in [2.24, 2.45) is 0 Å². The first-order valence-corrected chi connectivity index (χ1v) is 17.6. The summed E-state index contributed by atoms with van der Waals surface area (Å²) in [5.74, 6) is 0. The molecular weight excluding hydrogens is 570 g/mol. The Morgan fingerprint density at radius 3 is 2.34 bits per heavy atom. The van der Waals surface area contributed by atoms with E-state index in [1.807, 2.05) is 18.3 Å². The number of nitrogens with zero attached hydrogens (tertiary/aromatic N) is 4. The number of aromatic nitrogens is 3. The molecule has 0 spiro atoms. The first-order chi connectivity index (χ1) is 21.2. The van der Waals surface area contributed by atoms with Crippen LogP contribution in [0.2, 0.25) is 0 Å².